The highest BCUT2D eigenvalue weighted by molar-refractivity contribution is 5.95. The smallest absolute Gasteiger partial charge is 0.330 e. The fraction of sp³-hybridized carbons (Fsp3) is 0.474. The van der Waals surface area contributed by atoms with Crippen LogP contribution in [0.25, 0.3) is 0 Å². The van der Waals surface area contributed by atoms with E-state index in [-0.39, 0.29) is 24.2 Å². The van der Waals surface area contributed by atoms with E-state index in [2.05, 4.69) is 0 Å². The zero-order chi connectivity index (χ0) is 23.0. The molecular weight excluding hydrogens is 408 g/mol. The van der Waals surface area contributed by atoms with E-state index in [4.69, 9.17) is 0 Å². The van der Waals surface area contributed by atoms with Crippen molar-refractivity contribution in [1.82, 2.24) is 28.1 Å². The van der Waals surface area contributed by atoms with Gasteiger partial charge in [-0.05, 0) is 6.42 Å². The molecule has 2 aromatic heterocycles. The second kappa shape index (κ2) is 8.20. The quantitative estimate of drug-likeness (QED) is 0.515. The number of carbonyl (C=O) groups is 2. The van der Waals surface area contributed by atoms with E-state index in [9.17, 15) is 28.8 Å². The highest BCUT2D eigenvalue weighted by Gasteiger charge is 2.27. The molecule has 2 amide bonds. The predicted octanol–water partition coefficient (Wildman–Crippen LogP) is -2.53. The second-order valence-corrected chi connectivity index (χ2v) is 7.54. The van der Waals surface area contributed by atoms with E-state index in [1.54, 1.807) is 0 Å². The monoisotopic (exact) mass is 432 g/mol. The summed E-state index contributed by atoms with van der Waals surface area (Å²) in [6.07, 6.45) is 2.87. The molecule has 3 rings (SSSR count). The van der Waals surface area contributed by atoms with Crippen LogP contribution in [0, 0.1) is 0 Å². The molecule has 1 saturated heterocycles. The van der Waals surface area contributed by atoms with Gasteiger partial charge < -0.3 is 18.9 Å². The number of amides is 2. The molecule has 1 fully saturated rings. The van der Waals surface area contributed by atoms with Crippen LogP contribution in [0.5, 0.6) is 0 Å². The molecule has 3 heterocycles. The summed E-state index contributed by atoms with van der Waals surface area (Å²) in [6, 6.07) is 0. The van der Waals surface area contributed by atoms with Gasteiger partial charge in [0.05, 0.1) is 0 Å². The Balaban J connectivity index is 1.83. The van der Waals surface area contributed by atoms with E-state index in [1.165, 1.54) is 50.4 Å². The number of nitrogens with zero attached hydrogens (tertiary/aromatic N) is 6. The summed E-state index contributed by atoms with van der Waals surface area (Å²) in [5.41, 5.74) is -2.69. The van der Waals surface area contributed by atoms with Gasteiger partial charge in [-0.2, -0.15) is 0 Å². The molecule has 0 N–H and O–H groups in total. The molecule has 0 unspecified atom stereocenters. The maximum Gasteiger partial charge on any atom is 0.330 e. The average molecular weight is 432 g/mol. The summed E-state index contributed by atoms with van der Waals surface area (Å²) >= 11 is 0. The Bertz CT molecular complexity index is 1200. The van der Waals surface area contributed by atoms with Crippen LogP contribution in [-0.2, 0) is 28.2 Å². The first-order valence-electron chi connectivity index (χ1n) is 9.66. The van der Waals surface area contributed by atoms with Crippen LogP contribution < -0.4 is 22.5 Å². The van der Waals surface area contributed by atoms with Crippen LogP contribution in [0.2, 0.25) is 0 Å². The Morgan fingerprint density at radius 2 is 1.00 bits per heavy atom. The van der Waals surface area contributed by atoms with E-state index in [0.717, 1.165) is 18.3 Å². The lowest BCUT2D eigenvalue weighted by molar-refractivity contribution is 0.0715. The summed E-state index contributed by atoms with van der Waals surface area (Å²) < 4.78 is 4.07. The first kappa shape index (κ1) is 22.0. The molecule has 0 spiro atoms. The minimum atomic E-state index is -0.682. The zero-order valence-electron chi connectivity index (χ0n) is 17.8. The van der Waals surface area contributed by atoms with Crippen LogP contribution in [0.15, 0.2) is 31.6 Å². The molecule has 0 atom stereocenters. The molecule has 0 radical (unpaired) electrons. The maximum absolute atomic E-state index is 12.9. The van der Waals surface area contributed by atoms with E-state index in [1.807, 2.05) is 0 Å². The van der Waals surface area contributed by atoms with Gasteiger partial charge in [0, 0.05) is 66.8 Å². The van der Waals surface area contributed by atoms with Crippen molar-refractivity contribution < 1.29 is 9.59 Å². The number of carbonyl (C=O) groups excluding carboxylic acids is 2. The van der Waals surface area contributed by atoms with Gasteiger partial charge in [-0.1, -0.05) is 0 Å². The molecule has 166 valence electrons. The summed E-state index contributed by atoms with van der Waals surface area (Å²) in [5.74, 6) is -1.05. The third-order valence-corrected chi connectivity index (χ3v) is 5.42. The molecule has 0 aliphatic carbocycles. The Labute approximate surface area is 176 Å². The first-order chi connectivity index (χ1) is 14.5. The van der Waals surface area contributed by atoms with Gasteiger partial charge >= 0.3 is 11.4 Å². The van der Waals surface area contributed by atoms with Gasteiger partial charge in [-0.25, -0.2) is 9.59 Å². The fourth-order valence-corrected chi connectivity index (χ4v) is 3.57. The van der Waals surface area contributed by atoms with Gasteiger partial charge in [0.2, 0.25) is 0 Å². The molecule has 2 aromatic rings. The number of rotatable bonds is 2. The van der Waals surface area contributed by atoms with Crippen LogP contribution >= 0.6 is 0 Å². The van der Waals surface area contributed by atoms with Gasteiger partial charge in [-0.15, -0.1) is 0 Å². The van der Waals surface area contributed by atoms with Gasteiger partial charge in [0.25, 0.3) is 22.9 Å². The first-order valence-corrected chi connectivity index (χ1v) is 9.66. The third-order valence-electron chi connectivity index (χ3n) is 5.42. The lowest BCUT2D eigenvalue weighted by Gasteiger charge is -2.22. The van der Waals surface area contributed by atoms with Crippen molar-refractivity contribution >= 4 is 11.8 Å². The third kappa shape index (κ3) is 3.88. The minimum absolute atomic E-state index is 0.128. The zero-order valence-corrected chi connectivity index (χ0v) is 17.8. The molecule has 31 heavy (non-hydrogen) atoms. The van der Waals surface area contributed by atoms with Crippen molar-refractivity contribution in [1.29, 1.82) is 0 Å². The molecule has 0 aromatic carbocycles. The lowest BCUT2D eigenvalue weighted by atomic mass is 10.2. The van der Waals surface area contributed by atoms with Crippen molar-refractivity contribution in [3.63, 3.8) is 0 Å². The highest BCUT2D eigenvalue weighted by Crippen LogP contribution is 2.09. The molecule has 1 aliphatic heterocycles. The summed E-state index contributed by atoms with van der Waals surface area (Å²) in [5, 5.41) is 0. The number of hydrogen-bond donors (Lipinski definition) is 0. The Morgan fingerprint density at radius 3 is 1.35 bits per heavy atom. The van der Waals surface area contributed by atoms with E-state index < -0.39 is 34.3 Å². The number of aromatic nitrogens is 4. The van der Waals surface area contributed by atoms with Gasteiger partial charge in [0.15, 0.2) is 0 Å². The fourth-order valence-electron chi connectivity index (χ4n) is 3.57. The lowest BCUT2D eigenvalue weighted by Crippen LogP contribution is -2.45. The van der Waals surface area contributed by atoms with Crippen molar-refractivity contribution in [2.45, 2.75) is 6.42 Å². The highest BCUT2D eigenvalue weighted by atomic mass is 16.2. The van der Waals surface area contributed by atoms with E-state index >= 15 is 0 Å². The van der Waals surface area contributed by atoms with Crippen molar-refractivity contribution in [2.24, 2.45) is 28.2 Å². The predicted molar refractivity (Wildman–Crippen MR) is 110 cm³/mol. The normalized spacial score (nSPS) is 14.5. The molecule has 0 bridgehead atoms. The van der Waals surface area contributed by atoms with Crippen molar-refractivity contribution in [3.8, 4) is 0 Å². The average Bonchev–Trinajstić information content (AvgIpc) is 3.01. The van der Waals surface area contributed by atoms with Crippen molar-refractivity contribution in [3.05, 3.63) is 65.2 Å². The molecule has 12 nitrogen and oxygen atoms in total. The largest absolute Gasteiger partial charge is 0.337 e. The van der Waals surface area contributed by atoms with Crippen LogP contribution in [0.4, 0.5) is 0 Å². The van der Waals surface area contributed by atoms with Gasteiger partial charge in [0.1, 0.15) is 11.1 Å². The van der Waals surface area contributed by atoms with Gasteiger partial charge in [-0.3, -0.25) is 28.3 Å². The molecular formula is C19H24N6O6. The van der Waals surface area contributed by atoms with Crippen LogP contribution in [0.1, 0.15) is 27.1 Å². The number of aryl methyl sites for hydroxylation is 2. The topological polar surface area (TPSA) is 129 Å². The Kier molecular flexibility index (Phi) is 5.82. The Hall–Kier alpha value is -3.70. The Morgan fingerprint density at radius 1 is 0.645 bits per heavy atom. The second-order valence-electron chi connectivity index (χ2n) is 7.54. The van der Waals surface area contributed by atoms with Crippen molar-refractivity contribution in [2.75, 3.05) is 26.2 Å². The SMILES string of the molecule is Cn1cc(C(=O)N2CCCN(C(=O)c3cn(C)c(=O)n(C)c3=O)CC2)c(=O)n(C)c1=O. The minimum Gasteiger partial charge on any atom is -0.337 e. The van der Waals surface area contributed by atoms with Crippen LogP contribution in [-0.4, -0.2) is 66.1 Å². The summed E-state index contributed by atoms with van der Waals surface area (Å²) in [6.45, 7) is 0.922. The molecule has 1 aliphatic rings. The molecule has 12 heteroatoms. The standard InChI is InChI=1S/C19H24N6O6/c1-20-10-12(14(26)22(3)18(20)30)16(28)24-6-5-7-25(9-8-24)17(29)13-11-21(2)19(31)23(4)15(13)27/h10-11H,5-9H2,1-4H3. The summed E-state index contributed by atoms with van der Waals surface area (Å²) in [4.78, 5) is 77.2. The summed E-state index contributed by atoms with van der Waals surface area (Å²) in [7, 11) is 5.51. The van der Waals surface area contributed by atoms with Crippen LogP contribution in [0.3, 0.4) is 0 Å². The maximum atomic E-state index is 12.9. The number of hydrogen-bond acceptors (Lipinski definition) is 6. The molecule has 0 saturated carbocycles. The van der Waals surface area contributed by atoms with E-state index in [0.29, 0.717) is 19.5 Å².